The zero-order valence-electron chi connectivity index (χ0n) is 26.2. The fraction of sp³-hybridized carbons (Fsp3) is 0.382. The van der Waals surface area contributed by atoms with Crippen molar-refractivity contribution in [2.24, 2.45) is 0 Å². The van der Waals surface area contributed by atoms with E-state index in [1.165, 1.54) is 16.4 Å². The number of amides is 1. The number of furan rings is 1. The van der Waals surface area contributed by atoms with Crippen LogP contribution in [0.2, 0.25) is 6.32 Å². The molecular formula is C34H38BFN2O6S. The summed E-state index contributed by atoms with van der Waals surface area (Å²) < 4.78 is 57.2. The summed E-state index contributed by atoms with van der Waals surface area (Å²) in [6.07, 6.45) is 3.30. The zero-order chi connectivity index (χ0) is 32.1. The van der Waals surface area contributed by atoms with Crippen molar-refractivity contribution >= 4 is 40.9 Å². The average Bonchev–Trinajstić information content (AvgIpc) is 3.73. The molecule has 1 atom stereocenters. The van der Waals surface area contributed by atoms with Crippen LogP contribution < -0.4 is 9.62 Å². The Morgan fingerprint density at radius 3 is 2.33 bits per heavy atom. The van der Waals surface area contributed by atoms with E-state index in [1.54, 1.807) is 25.2 Å². The van der Waals surface area contributed by atoms with Crippen molar-refractivity contribution in [1.82, 2.24) is 5.32 Å². The van der Waals surface area contributed by atoms with Gasteiger partial charge >= 0.3 is 7.12 Å². The van der Waals surface area contributed by atoms with Gasteiger partial charge in [0.25, 0.3) is 17.2 Å². The van der Waals surface area contributed by atoms with Gasteiger partial charge in [-0.25, -0.2) is 8.60 Å². The first-order chi connectivity index (χ1) is 21.4. The molecule has 4 aromatic rings. The van der Waals surface area contributed by atoms with Gasteiger partial charge in [0.05, 0.1) is 29.0 Å². The summed E-state index contributed by atoms with van der Waals surface area (Å²) in [5.74, 6) is -0.214. The third-order valence-corrected chi connectivity index (χ3v) is 9.86. The summed E-state index contributed by atoms with van der Waals surface area (Å²) in [5.41, 5.74) is 3.95. The van der Waals surface area contributed by atoms with Gasteiger partial charge in [0.2, 0.25) is 0 Å². The number of benzene rings is 3. The SMILES string of the molecule is CNC(=O)c1c(-c2ccc(F)cc2)oc2cc(N(Cc3cccc(CCB4OC(C)(C)C(C)(C)O4)c3)S(=O)O)c(C3CC3)cc12. The van der Waals surface area contributed by atoms with Crippen molar-refractivity contribution < 1.29 is 31.7 Å². The number of fused-ring (bicyclic) bond motifs is 1. The highest BCUT2D eigenvalue weighted by Gasteiger charge is 2.50. The van der Waals surface area contributed by atoms with Crippen molar-refractivity contribution in [1.29, 1.82) is 0 Å². The first-order valence-electron chi connectivity index (χ1n) is 15.3. The number of carbonyl (C=O) groups excluding carboxylic acids is 1. The van der Waals surface area contributed by atoms with Crippen molar-refractivity contribution in [3.05, 3.63) is 88.7 Å². The number of hydrogen-bond donors (Lipinski definition) is 2. The smallest absolute Gasteiger partial charge is 0.455 e. The van der Waals surface area contributed by atoms with Crippen LogP contribution in [0.1, 0.15) is 73.5 Å². The van der Waals surface area contributed by atoms with Gasteiger partial charge in [0.1, 0.15) is 17.2 Å². The van der Waals surface area contributed by atoms with Crippen molar-refractivity contribution in [2.45, 2.75) is 76.9 Å². The fourth-order valence-corrected chi connectivity index (χ4v) is 6.47. The van der Waals surface area contributed by atoms with E-state index in [9.17, 15) is 17.9 Å². The highest BCUT2D eigenvalue weighted by atomic mass is 32.2. The van der Waals surface area contributed by atoms with E-state index in [0.717, 1.165) is 36.0 Å². The lowest BCUT2D eigenvalue weighted by Gasteiger charge is -2.32. The molecule has 0 bridgehead atoms. The maximum Gasteiger partial charge on any atom is 0.458 e. The van der Waals surface area contributed by atoms with Crippen LogP contribution in [0.4, 0.5) is 10.1 Å². The number of anilines is 1. The minimum Gasteiger partial charge on any atom is -0.455 e. The Hall–Kier alpha value is -3.51. The number of carbonyl (C=O) groups is 1. The molecule has 1 aliphatic carbocycles. The second kappa shape index (κ2) is 12.0. The van der Waals surface area contributed by atoms with Gasteiger partial charge in [-0.2, -0.15) is 0 Å². The van der Waals surface area contributed by atoms with Crippen LogP contribution in [0.15, 0.2) is 65.1 Å². The van der Waals surface area contributed by atoms with Crippen LogP contribution in [-0.4, -0.2) is 40.0 Å². The molecule has 0 radical (unpaired) electrons. The first kappa shape index (κ1) is 31.5. The molecule has 3 aromatic carbocycles. The molecule has 8 nitrogen and oxygen atoms in total. The Labute approximate surface area is 265 Å². The Kier molecular flexibility index (Phi) is 8.41. The monoisotopic (exact) mass is 632 g/mol. The lowest BCUT2D eigenvalue weighted by Crippen LogP contribution is -2.41. The molecular weight excluding hydrogens is 594 g/mol. The molecule has 1 saturated heterocycles. The lowest BCUT2D eigenvalue weighted by atomic mass is 9.81. The van der Waals surface area contributed by atoms with Crippen LogP contribution in [0.3, 0.4) is 0 Å². The van der Waals surface area contributed by atoms with Gasteiger partial charge in [0, 0.05) is 24.1 Å². The van der Waals surface area contributed by atoms with E-state index in [-0.39, 0.29) is 36.7 Å². The van der Waals surface area contributed by atoms with Gasteiger partial charge in [-0.05, 0) is 106 Å². The van der Waals surface area contributed by atoms with Crippen LogP contribution in [0.25, 0.3) is 22.3 Å². The highest BCUT2D eigenvalue weighted by Crippen LogP contribution is 2.48. The van der Waals surface area contributed by atoms with Crippen LogP contribution in [-0.2, 0) is 33.5 Å². The molecule has 0 spiro atoms. The summed E-state index contributed by atoms with van der Waals surface area (Å²) in [6, 6.07) is 17.4. The second-order valence-electron chi connectivity index (χ2n) is 12.9. The van der Waals surface area contributed by atoms with E-state index < -0.39 is 17.1 Å². The number of halogens is 1. The summed E-state index contributed by atoms with van der Waals surface area (Å²) in [4.78, 5) is 13.1. The van der Waals surface area contributed by atoms with E-state index in [2.05, 4.69) is 5.32 Å². The molecule has 1 amide bonds. The van der Waals surface area contributed by atoms with Gasteiger partial charge in [0.15, 0.2) is 0 Å². The summed E-state index contributed by atoms with van der Waals surface area (Å²) in [5, 5.41) is 3.29. The zero-order valence-corrected chi connectivity index (χ0v) is 27.0. The molecule has 2 fully saturated rings. The maximum atomic E-state index is 13.7. The molecule has 6 rings (SSSR count). The van der Waals surface area contributed by atoms with E-state index in [4.69, 9.17) is 13.7 Å². The van der Waals surface area contributed by atoms with Crippen LogP contribution in [0, 0.1) is 5.82 Å². The molecule has 1 aliphatic heterocycles. The summed E-state index contributed by atoms with van der Waals surface area (Å²) >= 11 is -2.34. The number of nitrogens with zero attached hydrogens (tertiary/aromatic N) is 1. The van der Waals surface area contributed by atoms with Gasteiger partial charge in [-0.15, -0.1) is 0 Å². The molecule has 45 heavy (non-hydrogen) atoms. The van der Waals surface area contributed by atoms with Crippen molar-refractivity contribution in [3.8, 4) is 11.3 Å². The Morgan fingerprint density at radius 1 is 1.04 bits per heavy atom. The third kappa shape index (κ3) is 6.31. The number of aryl methyl sites for hydroxylation is 1. The summed E-state index contributed by atoms with van der Waals surface area (Å²) in [6.45, 7) is 8.34. The number of hydrogen-bond acceptors (Lipinski definition) is 5. The number of rotatable bonds is 10. The van der Waals surface area contributed by atoms with E-state index >= 15 is 0 Å². The molecule has 2 heterocycles. The van der Waals surface area contributed by atoms with Crippen LogP contribution >= 0.6 is 0 Å². The van der Waals surface area contributed by atoms with Gasteiger partial charge in [-0.1, -0.05) is 24.3 Å². The number of nitrogens with one attached hydrogen (secondary N) is 1. The fourth-order valence-electron chi connectivity index (χ4n) is 5.88. The molecule has 11 heteroatoms. The normalized spacial score (nSPS) is 17.9. The average molecular weight is 633 g/mol. The topological polar surface area (TPSA) is 101 Å². The molecule has 1 saturated carbocycles. The Bertz CT molecular complexity index is 1750. The Morgan fingerprint density at radius 2 is 1.71 bits per heavy atom. The third-order valence-electron chi connectivity index (χ3n) is 9.16. The first-order valence-corrected chi connectivity index (χ1v) is 16.3. The molecule has 2 N–H and O–H groups in total. The molecule has 2 aliphatic rings. The standard InChI is InChI=1S/C34H38BFN2O6S/c1-33(2)34(3,4)44-35(43-33)16-15-21-7-6-8-22(17-21)20-38(45(40)41)28-19-29-27(18-26(28)23-9-10-23)30(32(39)37-5)31(42-29)24-11-13-25(36)14-12-24/h6-8,11-14,17-19,23H,9-10,15-16,20H2,1-5H3,(H,37,39)(H,40,41). The summed E-state index contributed by atoms with van der Waals surface area (Å²) in [7, 11) is 1.24. The second-order valence-corrected chi connectivity index (χ2v) is 13.8. The molecule has 1 unspecified atom stereocenters. The van der Waals surface area contributed by atoms with E-state index in [0.29, 0.717) is 39.9 Å². The predicted molar refractivity (Wildman–Crippen MR) is 175 cm³/mol. The molecule has 1 aromatic heterocycles. The van der Waals surface area contributed by atoms with Gasteiger partial charge in [-0.3, -0.25) is 13.7 Å². The van der Waals surface area contributed by atoms with Crippen LogP contribution in [0.5, 0.6) is 0 Å². The largest absolute Gasteiger partial charge is 0.458 e. The minimum atomic E-state index is -2.34. The predicted octanol–water partition coefficient (Wildman–Crippen LogP) is 7.25. The van der Waals surface area contributed by atoms with Gasteiger partial charge < -0.3 is 19.0 Å². The quantitative estimate of drug-likeness (QED) is 0.141. The van der Waals surface area contributed by atoms with Crippen molar-refractivity contribution in [2.75, 3.05) is 11.4 Å². The lowest BCUT2D eigenvalue weighted by molar-refractivity contribution is 0.00578. The minimum absolute atomic E-state index is 0.187. The highest BCUT2D eigenvalue weighted by molar-refractivity contribution is 7.80. The Balaban J connectivity index is 1.32. The maximum absolute atomic E-state index is 13.7. The van der Waals surface area contributed by atoms with Crippen molar-refractivity contribution in [3.63, 3.8) is 0 Å². The van der Waals surface area contributed by atoms with E-state index in [1.807, 2.05) is 58.0 Å². The molecule has 236 valence electrons.